The Kier molecular flexibility index (Phi) is 3.26. The maximum atomic E-state index is 4.28. The van der Waals surface area contributed by atoms with Crippen LogP contribution in [0, 0.1) is 0 Å². The number of tetrazole rings is 2. The Bertz CT molecular complexity index is 1140. The molecule has 11 heteroatoms. The van der Waals surface area contributed by atoms with E-state index in [0.29, 0.717) is 10.3 Å². The van der Waals surface area contributed by atoms with Crippen molar-refractivity contribution in [3.05, 3.63) is 36.4 Å². The molecule has 0 aliphatic heterocycles. The van der Waals surface area contributed by atoms with E-state index in [0.717, 1.165) is 22.1 Å². The third-order valence-corrected chi connectivity index (χ3v) is 5.54. The maximum Gasteiger partial charge on any atom is 0.211 e. The highest BCUT2D eigenvalue weighted by Gasteiger charge is 2.12. The van der Waals surface area contributed by atoms with Crippen LogP contribution in [0.4, 0.5) is 0 Å². The first kappa shape index (κ1) is 14.8. The third kappa shape index (κ3) is 2.31. The predicted octanol–water partition coefficient (Wildman–Crippen LogP) is 2.58. The molecule has 122 valence electrons. The molecule has 0 aliphatic rings. The molecule has 0 atom stereocenters. The van der Waals surface area contributed by atoms with Gasteiger partial charge in [-0.05, 0) is 57.3 Å². The summed E-state index contributed by atoms with van der Waals surface area (Å²) in [6.45, 7) is 0. The zero-order valence-corrected chi connectivity index (χ0v) is 14.9. The number of hydrogen-bond acceptors (Lipinski definition) is 9. The van der Waals surface area contributed by atoms with E-state index in [9.17, 15) is 0 Å². The average molecular weight is 384 g/mol. The molecule has 0 unspecified atom stereocenters. The van der Waals surface area contributed by atoms with Crippen LogP contribution in [0.25, 0.3) is 31.5 Å². The van der Waals surface area contributed by atoms with E-state index >= 15 is 0 Å². The highest BCUT2D eigenvalue weighted by atomic mass is 32.1. The number of fused-ring (bicyclic) bond motifs is 3. The van der Waals surface area contributed by atoms with Crippen LogP contribution in [0.5, 0.6) is 0 Å². The number of thiophene rings is 1. The second kappa shape index (κ2) is 5.51. The van der Waals surface area contributed by atoms with Gasteiger partial charge in [-0.25, -0.2) is 0 Å². The van der Waals surface area contributed by atoms with Crippen LogP contribution in [0.2, 0.25) is 0 Å². The smallest absolute Gasteiger partial charge is 0.188 e. The highest BCUT2D eigenvalue weighted by Crippen LogP contribution is 2.36. The quantitative estimate of drug-likeness (QED) is 0.455. The summed E-state index contributed by atoms with van der Waals surface area (Å²) in [6, 6.07) is 12.2. The van der Waals surface area contributed by atoms with Gasteiger partial charge in [0.05, 0.1) is 11.4 Å². The molecule has 0 amide bonds. The number of nitrogens with zero attached hydrogens (tertiary/aromatic N) is 8. The molecule has 3 heterocycles. The molecule has 0 fully saturated rings. The van der Waals surface area contributed by atoms with Gasteiger partial charge in [0.15, 0.2) is 0 Å². The van der Waals surface area contributed by atoms with Crippen LogP contribution in [0.15, 0.2) is 46.7 Å². The molecule has 0 bridgehead atoms. The van der Waals surface area contributed by atoms with Crippen LogP contribution in [-0.4, -0.2) is 40.4 Å². The minimum absolute atomic E-state index is 0.438. The molecule has 0 radical (unpaired) electrons. The van der Waals surface area contributed by atoms with Crippen molar-refractivity contribution < 1.29 is 0 Å². The van der Waals surface area contributed by atoms with Crippen molar-refractivity contribution in [2.75, 3.05) is 0 Å². The molecule has 25 heavy (non-hydrogen) atoms. The van der Waals surface area contributed by atoms with Gasteiger partial charge in [0.2, 0.25) is 10.3 Å². The molecule has 0 aliphatic carbocycles. The van der Waals surface area contributed by atoms with Crippen molar-refractivity contribution in [3.63, 3.8) is 0 Å². The minimum Gasteiger partial charge on any atom is -0.188 e. The van der Waals surface area contributed by atoms with Crippen molar-refractivity contribution in [1.29, 1.82) is 0 Å². The molecule has 8 nitrogen and oxygen atoms in total. The standard InChI is InChI=1S/C14H8N8S3/c23-13-15-17-19-21(13)7-1-3-11-9(5-7)10-6-8(2-4-12(10)25-11)22-14(24)16-18-20-22/h1-6H,(H,15,19,23)(H,16,20,24). The maximum absolute atomic E-state index is 4.28. The van der Waals surface area contributed by atoms with Crippen LogP contribution in [0.3, 0.4) is 0 Å². The van der Waals surface area contributed by atoms with Crippen LogP contribution >= 0.6 is 36.6 Å². The molecule has 0 saturated carbocycles. The normalized spacial score (nSPS) is 11.6. The van der Waals surface area contributed by atoms with Crippen molar-refractivity contribution in [2.45, 2.75) is 10.3 Å². The number of aromatic nitrogens is 8. The Hall–Kier alpha value is -2.50. The van der Waals surface area contributed by atoms with Gasteiger partial charge in [-0.3, -0.25) is 0 Å². The van der Waals surface area contributed by atoms with E-state index in [1.165, 1.54) is 9.40 Å². The Morgan fingerprint density at radius 3 is 1.60 bits per heavy atom. The molecule has 5 aromatic rings. The summed E-state index contributed by atoms with van der Waals surface area (Å²) in [4.78, 5) is 0. The van der Waals surface area contributed by atoms with Crippen LogP contribution in [-0.2, 0) is 0 Å². The Labute approximate surface area is 155 Å². The van der Waals surface area contributed by atoms with E-state index in [-0.39, 0.29) is 0 Å². The summed E-state index contributed by atoms with van der Waals surface area (Å²) < 4.78 is 5.52. The first-order chi connectivity index (χ1) is 12.2. The van der Waals surface area contributed by atoms with Crippen molar-refractivity contribution in [1.82, 2.24) is 40.4 Å². The van der Waals surface area contributed by atoms with E-state index < -0.39 is 0 Å². The second-order valence-electron chi connectivity index (χ2n) is 5.24. The molecule has 0 N–H and O–H groups in total. The molecule has 2 aromatic carbocycles. The molecule has 0 spiro atoms. The van der Waals surface area contributed by atoms with E-state index in [2.05, 4.69) is 80.6 Å². The topological polar surface area (TPSA) is 87.2 Å². The number of thiol groups is 2. The molecule has 5 rings (SSSR count). The zero-order chi connectivity index (χ0) is 17.0. The lowest BCUT2D eigenvalue weighted by atomic mass is 10.1. The largest absolute Gasteiger partial charge is 0.211 e. The van der Waals surface area contributed by atoms with Crippen LogP contribution < -0.4 is 0 Å². The Morgan fingerprint density at radius 1 is 0.720 bits per heavy atom. The van der Waals surface area contributed by atoms with Gasteiger partial charge in [0.25, 0.3) is 0 Å². The lowest BCUT2D eigenvalue weighted by Crippen LogP contribution is -1.97. The Balaban J connectivity index is 1.76. The summed E-state index contributed by atoms with van der Waals surface area (Å²) in [5, 5.41) is 25.9. The lowest BCUT2D eigenvalue weighted by molar-refractivity contribution is 0.758. The van der Waals surface area contributed by atoms with Crippen LogP contribution in [0.1, 0.15) is 0 Å². The molecular weight excluding hydrogens is 376 g/mol. The SMILES string of the molecule is Sc1nnnn1-c1ccc2sc3ccc(-n4nnnc4S)cc3c2c1. The number of benzene rings is 2. The second-order valence-corrected chi connectivity index (χ2v) is 7.13. The van der Waals surface area contributed by atoms with E-state index in [1.807, 2.05) is 12.1 Å². The zero-order valence-electron chi connectivity index (χ0n) is 12.3. The average Bonchev–Trinajstić information content (AvgIpc) is 3.32. The van der Waals surface area contributed by atoms with Crippen molar-refractivity contribution in [3.8, 4) is 11.4 Å². The monoisotopic (exact) mass is 384 g/mol. The van der Waals surface area contributed by atoms with E-state index in [4.69, 9.17) is 0 Å². The van der Waals surface area contributed by atoms with Gasteiger partial charge in [-0.2, -0.15) is 9.36 Å². The fraction of sp³-hybridized carbons (Fsp3) is 0. The van der Waals surface area contributed by atoms with Gasteiger partial charge in [0.1, 0.15) is 0 Å². The van der Waals surface area contributed by atoms with Gasteiger partial charge in [-0.15, -0.1) is 46.8 Å². The summed E-state index contributed by atoms with van der Waals surface area (Å²) in [5.74, 6) is 0. The lowest BCUT2D eigenvalue weighted by Gasteiger charge is -2.03. The molecular formula is C14H8N8S3. The van der Waals surface area contributed by atoms with Crippen molar-refractivity contribution in [2.24, 2.45) is 0 Å². The molecule has 3 aromatic heterocycles. The third-order valence-electron chi connectivity index (χ3n) is 3.83. The summed E-state index contributed by atoms with van der Waals surface area (Å²) in [6.07, 6.45) is 0. The predicted molar refractivity (Wildman–Crippen MR) is 99.3 cm³/mol. The first-order valence-electron chi connectivity index (χ1n) is 7.12. The van der Waals surface area contributed by atoms with Gasteiger partial charge in [0, 0.05) is 20.2 Å². The fourth-order valence-electron chi connectivity index (χ4n) is 2.72. The number of hydrogen-bond donors (Lipinski definition) is 2. The van der Waals surface area contributed by atoms with E-state index in [1.54, 1.807) is 20.7 Å². The Morgan fingerprint density at radius 2 is 1.20 bits per heavy atom. The first-order valence-corrected chi connectivity index (χ1v) is 8.83. The van der Waals surface area contributed by atoms with Gasteiger partial charge in [-0.1, -0.05) is 0 Å². The van der Waals surface area contributed by atoms with Gasteiger partial charge >= 0.3 is 0 Å². The minimum atomic E-state index is 0.438. The highest BCUT2D eigenvalue weighted by molar-refractivity contribution is 7.80. The van der Waals surface area contributed by atoms with Gasteiger partial charge < -0.3 is 0 Å². The molecule has 0 saturated heterocycles. The summed E-state index contributed by atoms with van der Waals surface area (Å²) >= 11 is 10.3. The number of rotatable bonds is 2. The fourth-order valence-corrected chi connectivity index (χ4v) is 4.17. The van der Waals surface area contributed by atoms with Crippen molar-refractivity contribution >= 4 is 56.8 Å². The summed E-state index contributed by atoms with van der Waals surface area (Å²) in [5.41, 5.74) is 1.70. The summed E-state index contributed by atoms with van der Waals surface area (Å²) in [7, 11) is 0.